The van der Waals surface area contributed by atoms with Crippen LogP contribution in [0.15, 0.2) is 71.6 Å². The highest BCUT2D eigenvalue weighted by molar-refractivity contribution is 8.00. The molecule has 33 heavy (non-hydrogen) atoms. The number of rotatable bonds is 7. The molecule has 3 aromatic rings. The molecule has 3 aromatic carbocycles. The number of carbonyl (C=O) groups is 2. The molecule has 2 amide bonds. The normalized spacial score (nSPS) is 11.2. The average molecular weight is 476 g/mol. The van der Waals surface area contributed by atoms with Crippen molar-refractivity contribution in [1.82, 2.24) is 5.32 Å². The maximum Gasteiger partial charge on any atom is 0.416 e. The number of halogens is 4. The smallest absolute Gasteiger partial charge is 0.348 e. The molecule has 0 aliphatic heterocycles. The lowest BCUT2D eigenvalue weighted by atomic mass is 10.1. The van der Waals surface area contributed by atoms with Gasteiger partial charge in [-0.3, -0.25) is 9.59 Å². The van der Waals surface area contributed by atoms with E-state index >= 15 is 0 Å². The van der Waals surface area contributed by atoms with Gasteiger partial charge in [-0.05, 0) is 48.9 Å². The second-order valence-corrected chi connectivity index (χ2v) is 8.20. The number of carbonyl (C=O) groups excluding carboxylic acids is 2. The SMILES string of the molecule is Cc1ccc(NC(=O)CSc2ccccc2C(=O)NCc2ccc(F)cc2C(F)(F)F)cc1. The Morgan fingerprint density at radius 1 is 0.970 bits per heavy atom. The van der Waals surface area contributed by atoms with Gasteiger partial charge in [0.1, 0.15) is 5.82 Å². The molecule has 0 fully saturated rings. The molecular weight excluding hydrogens is 456 g/mol. The molecule has 0 unspecified atom stereocenters. The third-order valence-electron chi connectivity index (χ3n) is 4.64. The summed E-state index contributed by atoms with van der Waals surface area (Å²) in [6.45, 7) is 1.50. The second-order valence-electron chi connectivity index (χ2n) is 7.18. The van der Waals surface area contributed by atoms with E-state index in [2.05, 4.69) is 10.6 Å². The van der Waals surface area contributed by atoms with E-state index in [9.17, 15) is 27.2 Å². The standard InChI is InChI=1S/C24H20F4N2O2S/c1-15-6-10-18(11-7-15)30-22(31)14-33-21-5-3-2-4-19(21)23(32)29-13-16-8-9-17(25)12-20(16)24(26,27)28/h2-12H,13-14H2,1H3,(H,29,32)(H,30,31). The number of thioether (sulfide) groups is 1. The minimum absolute atomic E-state index is 0.0361. The van der Waals surface area contributed by atoms with Crippen molar-refractivity contribution < 1.29 is 27.2 Å². The van der Waals surface area contributed by atoms with E-state index < -0.39 is 30.0 Å². The summed E-state index contributed by atoms with van der Waals surface area (Å²) in [4.78, 5) is 25.4. The molecule has 172 valence electrons. The van der Waals surface area contributed by atoms with Crippen LogP contribution < -0.4 is 10.6 Å². The summed E-state index contributed by atoms with van der Waals surface area (Å²) in [7, 11) is 0. The fourth-order valence-corrected chi connectivity index (χ4v) is 3.84. The van der Waals surface area contributed by atoms with Crippen molar-refractivity contribution in [3.63, 3.8) is 0 Å². The van der Waals surface area contributed by atoms with E-state index in [1.165, 1.54) is 6.07 Å². The Morgan fingerprint density at radius 2 is 1.67 bits per heavy atom. The largest absolute Gasteiger partial charge is 0.416 e. The monoisotopic (exact) mass is 476 g/mol. The van der Waals surface area contributed by atoms with Gasteiger partial charge in [0.05, 0.1) is 16.9 Å². The van der Waals surface area contributed by atoms with Gasteiger partial charge in [-0.1, -0.05) is 35.9 Å². The fourth-order valence-electron chi connectivity index (χ4n) is 2.99. The lowest BCUT2D eigenvalue weighted by Crippen LogP contribution is -2.25. The maximum absolute atomic E-state index is 13.3. The van der Waals surface area contributed by atoms with Crippen molar-refractivity contribution in [3.8, 4) is 0 Å². The Labute approximate surface area is 192 Å². The number of alkyl halides is 3. The maximum atomic E-state index is 13.3. The van der Waals surface area contributed by atoms with E-state index in [0.29, 0.717) is 16.6 Å². The molecular formula is C24H20F4N2O2S. The minimum atomic E-state index is -4.75. The summed E-state index contributed by atoms with van der Waals surface area (Å²) in [6.07, 6.45) is -4.75. The van der Waals surface area contributed by atoms with Crippen LogP contribution in [-0.4, -0.2) is 17.6 Å². The number of hydrogen-bond acceptors (Lipinski definition) is 3. The minimum Gasteiger partial charge on any atom is -0.348 e. The molecule has 4 nitrogen and oxygen atoms in total. The van der Waals surface area contributed by atoms with Crippen molar-refractivity contribution in [2.45, 2.75) is 24.5 Å². The van der Waals surface area contributed by atoms with Crippen LogP contribution in [0.3, 0.4) is 0 Å². The second kappa shape index (κ2) is 10.5. The number of nitrogens with one attached hydrogen (secondary N) is 2. The van der Waals surface area contributed by atoms with Crippen molar-refractivity contribution in [1.29, 1.82) is 0 Å². The Balaban J connectivity index is 1.65. The lowest BCUT2D eigenvalue weighted by Gasteiger charge is -2.14. The Morgan fingerprint density at radius 3 is 2.36 bits per heavy atom. The van der Waals surface area contributed by atoms with Crippen molar-refractivity contribution in [3.05, 3.63) is 94.8 Å². The molecule has 0 saturated carbocycles. The van der Waals surface area contributed by atoms with Gasteiger partial charge in [0.25, 0.3) is 5.91 Å². The van der Waals surface area contributed by atoms with Gasteiger partial charge in [-0.15, -0.1) is 11.8 Å². The molecule has 3 rings (SSSR count). The summed E-state index contributed by atoms with van der Waals surface area (Å²) >= 11 is 1.13. The van der Waals surface area contributed by atoms with Crippen molar-refractivity contribution >= 4 is 29.3 Å². The summed E-state index contributed by atoms with van der Waals surface area (Å²) in [5, 5.41) is 5.21. The quantitative estimate of drug-likeness (QED) is 0.334. The highest BCUT2D eigenvalue weighted by Crippen LogP contribution is 2.32. The first-order chi connectivity index (χ1) is 15.6. The molecule has 2 N–H and O–H groups in total. The van der Waals surface area contributed by atoms with Crippen LogP contribution in [0.4, 0.5) is 23.2 Å². The summed E-state index contributed by atoms with van der Waals surface area (Å²) < 4.78 is 52.8. The van der Waals surface area contributed by atoms with E-state index in [-0.39, 0.29) is 22.8 Å². The first-order valence-corrected chi connectivity index (χ1v) is 10.8. The van der Waals surface area contributed by atoms with Gasteiger partial charge in [-0.25, -0.2) is 4.39 Å². The molecule has 0 aliphatic rings. The van der Waals surface area contributed by atoms with Crippen LogP contribution in [0, 0.1) is 12.7 Å². The molecule has 0 aromatic heterocycles. The molecule has 0 aliphatic carbocycles. The molecule has 0 radical (unpaired) electrons. The van der Waals surface area contributed by atoms with Gasteiger partial charge < -0.3 is 10.6 Å². The number of anilines is 1. The van der Waals surface area contributed by atoms with Crippen molar-refractivity contribution in [2.24, 2.45) is 0 Å². The third kappa shape index (κ3) is 6.82. The van der Waals surface area contributed by atoms with Gasteiger partial charge in [-0.2, -0.15) is 13.2 Å². The molecule has 0 spiro atoms. The Kier molecular flexibility index (Phi) is 7.75. The molecule has 0 atom stereocenters. The Bertz CT molecular complexity index is 1150. The molecule has 0 saturated heterocycles. The zero-order valence-electron chi connectivity index (χ0n) is 17.5. The molecule has 0 heterocycles. The number of hydrogen-bond donors (Lipinski definition) is 2. The third-order valence-corrected chi connectivity index (χ3v) is 5.72. The predicted octanol–water partition coefficient (Wildman–Crippen LogP) is 5.81. The van der Waals surface area contributed by atoms with E-state index in [0.717, 1.165) is 29.5 Å². The molecule has 0 bridgehead atoms. The fraction of sp³-hybridized carbons (Fsp3) is 0.167. The van der Waals surface area contributed by atoms with Gasteiger partial charge in [0, 0.05) is 17.1 Å². The first-order valence-electron chi connectivity index (χ1n) is 9.85. The van der Waals surface area contributed by atoms with E-state index in [1.54, 1.807) is 30.3 Å². The van der Waals surface area contributed by atoms with Gasteiger partial charge in [0.2, 0.25) is 5.91 Å². The van der Waals surface area contributed by atoms with Crippen LogP contribution in [0.2, 0.25) is 0 Å². The van der Waals surface area contributed by atoms with E-state index in [1.807, 2.05) is 19.1 Å². The van der Waals surface area contributed by atoms with Gasteiger partial charge >= 0.3 is 6.18 Å². The van der Waals surface area contributed by atoms with Crippen molar-refractivity contribution in [2.75, 3.05) is 11.1 Å². The topological polar surface area (TPSA) is 58.2 Å². The van der Waals surface area contributed by atoms with Crippen LogP contribution in [0.25, 0.3) is 0 Å². The average Bonchev–Trinajstić information content (AvgIpc) is 2.78. The highest BCUT2D eigenvalue weighted by atomic mass is 32.2. The zero-order valence-corrected chi connectivity index (χ0v) is 18.3. The zero-order chi connectivity index (χ0) is 24.0. The van der Waals surface area contributed by atoms with Crippen LogP contribution in [-0.2, 0) is 17.5 Å². The number of amides is 2. The first kappa shape index (κ1) is 24.3. The molecule has 9 heteroatoms. The highest BCUT2D eigenvalue weighted by Gasteiger charge is 2.33. The van der Waals surface area contributed by atoms with Gasteiger partial charge in [0.15, 0.2) is 0 Å². The summed E-state index contributed by atoms with van der Waals surface area (Å²) in [5.41, 5.74) is 0.543. The van der Waals surface area contributed by atoms with E-state index in [4.69, 9.17) is 0 Å². The summed E-state index contributed by atoms with van der Waals surface area (Å²) in [6, 6.07) is 16.1. The van der Waals surface area contributed by atoms with Crippen LogP contribution in [0.1, 0.15) is 27.0 Å². The predicted molar refractivity (Wildman–Crippen MR) is 120 cm³/mol. The Hall–Kier alpha value is -3.33. The van der Waals surface area contributed by atoms with Crippen LogP contribution >= 0.6 is 11.8 Å². The summed E-state index contributed by atoms with van der Waals surface area (Å²) in [5.74, 6) is -1.84. The number of benzene rings is 3. The number of aryl methyl sites for hydroxylation is 1. The lowest BCUT2D eigenvalue weighted by molar-refractivity contribution is -0.138. The van der Waals surface area contributed by atoms with Crippen LogP contribution in [0.5, 0.6) is 0 Å².